The minimum atomic E-state index is 0.0859. The van der Waals surface area contributed by atoms with Crippen LogP contribution in [0.3, 0.4) is 0 Å². The molecule has 0 bridgehead atoms. The van der Waals surface area contributed by atoms with Gasteiger partial charge in [0, 0.05) is 29.6 Å². The third-order valence-corrected chi connectivity index (χ3v) is 3.23. The van der Waals surface area contributed by atoms with E-state index in [0.717, 1.165) is 42.2 Å². The predicted molar refractivity (Wildman–Crippen MR) is 74.6 cm³/mol. The van der Waals surface area contributed by atoms with E-state index < -0.39 is 0 Å². The zero-order valence-corrected chi connectivity index (χ0v) is 11.8. The number of aliphatic imine (C=N–C) groups is 1. The van der Waals surface area contributed by atoms with Crippen molar-refractivity contribution in [3.8, 4) is 11.5 Å². The van der Waals surface area contributed by atoms with Gasteiger partial charge in [0.2, 0.25) is 0 Å². The molecule has 4 heteroatoms. The molecule has 0 radical (unpaired) electrons. The second-order valence-corrected chi connectivity index (χ2v) is 5.17. The van der Waals surface area contributed by atoms with Crippen molar-refractivity contribution in [2.24, 2.45) is 4.99 Å². The molecule has 3 nitrogen and oxygen atoms in total. The van der Waals surface area contributed by atoms with Crippen LogP contribution in [0.15, 0.2) is 17.1 Å². The lowest BCUT2D eigenvalue weighted by molar-refractivity contribution is 0.354. The summed E-state index contributed by atoms with van der Waals surface area (Å²) < 4.78 is 10.7. The van der Waals surface area contributed by atoms with E-state index in [2.05, 4.69) is 4.99 Å². The van der Waals surface area contributed by atoms with Gasteiger partial charge >= 0.3 is 0 Å². The molecule has 18 heavy (non-hydrogen) atoms. The second kappa shape index (κ2) is 5.61. The van der Waals surface area contributed by atoms with Crippen LogP contribution >= 0.6 is 11.6 Å². The van der Waals surface area contributed by atoms with Gasteiger partial charge in [0.05, 0.1) is 14.2 Å². The van der Waals surface area contributed by atoms with Gasteiger partial charge in [-0.2, -0.15) is 0 Å². The van der Waals surface area contributed by atoms with Crippen LogP contribution < -0.4 is 9.47 Å². The molecule has 0 spiro atoms. The number of ether oxygens (including phenoxy) is 2. The maximum Gasteiger partial charge on any atom is 0.161 e. The van der Waals surface area contributed by atoms with E-state index in [1.54, 1.807) is 14.2 Å². The molecule has 1 aliphatic rings. The van der Waals surface area contributed by atoms with Crippen LogP contribution in [0.5, 0.6) is 11.5 Å². The van der Waals surface area contributed by atoms with Gasteiger partial charge < -0.3 is 9.47 Å². The topological polar surface area (TPSA) is 30.8 Å². The largest absolute Gasteiger partial charge is 0.493 e. The lowest BCUT2D eigenvalue weighted by atomic mass is 9.94. The Labute approximate surface area is 113 Å². The third-order valence-electron chi connectivity index (χ3n) is 3.08. The summed E-state index contributed by atoms with van der Waals surface area (Å²) in [5, 5.41) is 0.0859. The maximum atomic E-state index is 6.07. The van der Waals surface area contributed by atoms with Crippen molar-refractivity contribution in [2.45, 2.75) is 25.1 Å². The lowest BCUT2D eigenvalue weighted by Gasteiger charge is -2.20. The van der Waals surface area contributed by atoms with Crippen LogP contribution in [0.25, 0.3) is 0 Å². The summed E-state index contributed by atoms with van der Waals surface area (Å²) in [7, 11) is 3.30. The van der Waals surface area contributed by atoms with Crippen molar-refractivity contribution in [3.63, 3.8) is 0 Å². The molecule has 0 aromatic heterocycles. The molecule has 0 amide bonds. The Hall–Kier alpha value is -1.22. The number of hydrogen-bond acceptors (Lipinski definition) is 3. The summed E-state index contributed by atoms with van der Waals surface area (Å²) in [6.45, 7) is 2.81. The molecular formula is C14H18ClNO2. The molecule has 1 aromatic carbocycles. The number of methoxy groups -OCH3 is 2. The van der Waals surface area contributed by atoms with Crippen molar-refractivity contribution >= 4 is 17.3 Å². The highest BCUT2D eigenvalue weighted by Gasteiger charge is 2.19. The maximum absolute atomic E-state index is 6.07. The molecule has 1 atom stereocenters. The SMILES string of the molecule is COc1cc2c(cc1OC)C(CC(C)Cl)=NCC2. The molecule has 2 rings (SSSR count). The first-order valence-corrected chi connectivity index (χ1v) is 6.52. The Kier molecular flexibility index (Phi) is 4.12. The first-order chi connectivity index (χ1) is 8.65. The van der Waals surface area contributed by atoms with Crippen LogP contribution in [0, 0.1) is 0 Å². The molecule has 0 aliphatic carbocycles. The standard InChI is InChI=1S/C14H18ClNO2/c1-9(15)6-12-11-8-14(18-3)13(17-2)7-10(11)4-5-16-12/h7-9H,4-6H2,1-3H3. The van der Waals surface area contributed by atoms with Gasteiger partial charge in [-0.25, -0.2) is 0 Å². The monoisotopic (exact) mass is 267 g/mol. The Balaban J connectivity index is 2.43. The van der Waals surface area contributed by atoms with Crippen molar-refractivity contribution in [2.75, 3.05) is 20.8 Å². The third kappa shape index (κ3) is 2.61. The Bertz CT molecular complexity index is 469. The van der Waals surface area contributed by atoms with Crippen molar-refractivity contribution in [3.05, 3.63) is 23.3 Å². The van der Waals surface area contributed by atoms with Gasteiger partial charge in [-0.05, 0) is 31.0 Å². The highest BCUT2D eigenvalue weighted by Crippen LogP contribution is 2.33. The van der Waals surface area contributed by atoms with Gasteiger partial charge in [0.15, 0.2) is 11.5 Å². The zero-order chi connectivity index (χ0) is 13.1. The van der Waals surface area contributed by atoms with Crippen molar-refractivity contribution in [1.29, 1.82) is 0 Å². The van der Waals surface area contributed by atoms with Gasteiger partial charge in [0.1, 0.15) is 0 Å². The number of alkyl halides is 1. The number of benzene rings is 1. The zero-order valence-electron chi connectivity index (χ0n) is 11.0. The number of nitrogens with zero attached hydrogens (tertiary/aromatic N) is 1. The fourth-order valence-electron chi connectivity index (χ4n) is 2.23. The summed E-state index contributed by atoms with van der Waals surface area (Å²) in [5.74, 6) is 1.52. The molecule has 1 heterocycles. The molecule has 1 unspecified atom stereocenters. The number of fused-ring (bicyclic) bond motifs is 1. The van der Waals surface area contributed by atoms with Gasteiger partial charge in [0.25, 0.3) is 0 Å². The van der Waals surface area contributed by atoms with E-state index in [-0.39, 0.29) is 5.38 Å². The molecule has 0 fully saturated rings. The number of rotatable bonds is 4. The average Bonchev–Trinajstić information content (AvgIpc) is 2.37. The molecule has 0 N–H and O–H groups in total. The first-order valence-electron chi connectivity index (χ1n) is 6.08. The summed E-state index contributed by atoms with van der Waals surface area (Å²) in [5.41, 5.74) is 3.47. The summed E-state index contributed by atoms with van der Waals surface area (Å²) in [4.78, 5) is 4.58. The van der Waals surface area contributed by atoms with Gasteiger partial charge in [-0.15, -0.1) is 11.6 Å². The summed E-state index contributed by atoms with van der Waals surface area (Å²) >= 11 is 6.07. The van der Waals surface area contributed by atoms with Crippen molar-refractivity contribution in [1.82, 2.24) is 0 Å². The van der Waals surface area contributed by atoms with E-state index in [9.17, 15) is 0 Å². The van der Waals surface area contributed by atoms with Gasteiger partial charge in [-0.1, -0.05) is 0 Å². The first kappa shape index (κ1) is 13.2. The van der Waals surface area contributed by atoms with E-state index in [4.69, 9.17) is 21.1 Å². The quantitative estimate of drug-likeness (QED) is 0.785. The van der Waals surface area contributed by atoms with E-state index in [1.807, 2.05) is 19.1 Å². The molecule has 98 valence electrons. The van der Waals surface area contributed by atoms with Crippen LogP contribution in [0.2, 0.25) is 0 Å². The average molecular weight is 268 g/mol. The molecular weight excluding hydrogens is 250 g/mol. The predicted octanol–water partition coefficient (Wildman–Crippen LogP) is 3.07. The van der Waals surface area contributed by atoms with Crippen LogP contribution in [0.1, 0.15) is 24.5 Å². The summed E-state index contributed by atoms with van der Waals surface area (Å²) in [6, 6.07) is 4.05. The molecule has 0 saturated heterocycles. The van der Waals surface area contributed by atoms with Gasteiger partial charge in [-0.3, -0.25) is 4.99 Å². The van der Waals surface area contributed by atoms with Crippen molar-refractivity contribution < 1.29 is 9.47 Å². The normalized spacial score (nSPS) is 15.7. The Morgan fingerprint density at radius 1 is 1.28 bits per heavy atom. The number of halogens is 1. The minimum absolute atomic E-state index is 0.0859. The van der Waals surface area contributed by atoms with E-state index in [1.165, 1.54) is 5.56 Å². The molecule has 1 aliphatic heterocycles. The smallest absolute Gasteiger partial charge is 0.161 e. The highest BCUT2D eigenvalue weighted by molar-refractivity contribution is 6.22. The molecule has 1 aromatic rings. The second-order valence-electron chi connectivity index (χ2n) is 4.43. The van der Waals surface area contributed by atoms with E-state index in [0.29, 0.717) is 0 Å². The van der Waals surface area contributed by atoms with Crippen LogP contribution in [-0.2, 0) is 6.42 Å². The van der Waals surface area contributed by atoms with Crippen LogP contribution in [0.4, 0.5) is 0 Å². The number of hydrogen-bond donors (Lipinski definition) is 0. The van der Waals surface area contributed by atoms with E-state index >= 15 is 0 Å². The van der Waals surface area contributed by atoms with Crippen LogP contribution in [-0.4, -0.2) is 31.9 Å². The fraction of sp³-hybridized carbons (Fsp3) is 0.500. The minimum Gasteiger partial charge on any atom is -0.493 e. The lowest BCUT2D eigenvalue weighted by Crippen LogP contribution is -2.16. The Morgan fingerprint density at radius 2 is 1.94 bits per heavy atom. The highest BCUT2D eigenvalue weighted by atomic mass is 35.5. The summed E-state index contributed by atoms with van der Waals surface area (Å²) in [6.07, 6.45) is 1.72. The fourth-order valence-corrected chi connectivity index (χ4v) is 2.38. The Morgan fingerprint density at radius 3 is 2.56 bits per heavy atom. The molecule has 0 saturated carbocycles.